The van der Waals surface area contributed by atoms with Gasteiger partial charge < -0.3 is 9.80 Å². The summed E-state index contributed by atoms with van der Waals surface area (Å²) in [5.74, 6) is 0. The molecule has 0 aliphatic carbocycles. The van der Waals surface area contributed by atoms with Gasteiger partial charge in [-0.1, -0.05) is 156 Å². The summed E-state index contributed by atoms with van der Waals surface area (Å²) < 4.78 is 0. The lowest BCUT2D eigenvalue weighted by Crippen LogP contribution is -2.39. The fourth-order valence-corrected chi connectivity index (χ4v) is 5.66. The van der Waals surface area contributed by atoms with Gasteiger partial charge in [0.05, 0.1) is 0 Å². The van der Waals surface area contributed by atoms with Crippen LogP contribution in [-0.4, -0.2) is 29.1 Å². The first-order valence-corrected chi connectivity index (χ1v) is 16.5. The van der Waals surface area contributed by atoms with Crippen molar-refractivity contribution in [3.05, 3.63) is 12.4 Å². The van der Waals surface area contributed by atoms with Crippen molar-refractivity contribution in [1.82, 2.24) is 9.80 Å². The van der Waals surface area contributed by atoms with Crippen LogP contribution in [0.3, 0.4) is 0 Å². The van der Waals surface area contributed by atoms with Crippen LogP contribution in [0.15, 0.2) is 12.4 Å². The van der Waals surface area contributed by atoms with Crippen LogP contribution in [0.5, 0.6) is 0 Å². The summed E-state index contributed by atoms with van der Waals surface area (Å²) in [6.07, 6.45) is 41.0. The van der Waals surface area contributed by atoms with Crippen LogP contribution in [-0.2, 0) is 0 Å². The van der Waals surface area contributed by atoms with Gasteiger partial charge in [0.2, 0.25) is 0 Å². The molecular formula is C33H66N2. The first kappa shape index (κ1) is 32.4. The smallest absolute Gasteiger partial charge is 0.101 e. The molecule has 0 amide bonds. The lowest BCUT2D eigenvalue weighted by atomic mass is 10.1. The van der Waals surface area contributed by atoms with Crippen molar-refractivity contribution in [2.24, 2.45) is 0 Å². The highest BCUT2D eigenvalue weighted by Gasteiger charge is 2.24. The molecule has 2 nitrogen and oxygen atoms in total. The SMILES string of the molecule is CCCCCCCCCCCCCCN1C=CN(CCCCCCCCCC)C1CCCCCC. The predicted octanol–water partition coefficient (Wildman–Crippen LogP) is 11.2. The molecule has 0 spiro atoms. The van der Waals surface area contributed by atoms with Gasteiger partial charge in [-0.05, 0) is 25.7 Å². The summed E-state index contributed by atoms with van der Waals surface area (Å²) >= 11 is 0. The lowest BCUT2D eigenvalue weighted by molar-refractivity contribution is 0.135. The lowest BCUT2D eigenvalue weighted by Gasteiger charge is -2.33. The molecule has 1 atom stereocenters. The third kappa shape index (κ3) is 18.3. The average Bonchev–Trinajstić information content (AvgIpc) is 3.25. The second kappa shape index (κ2) is 25.0. The zero-order valence-corrected chi connectivity index (χ0v) is 24.7. The van der Waals surface area contributed by atoms with Crippen LogP contribution < -0.4 is 0 Å². The Morgan fingerprint density at radius 1 is 0.371 bits per heavy atom. The van der Waals surface area contributed by atoms with Gasteiger partial charge in [0.15, 0.2) is 0 Å². The number of hydrogen-bond acceptors (Lipinski definition) is 2. The van der Waals surface area contributed by atoms with Crippen LogP contribution in [0.1, 0.15) is 181 Å². The Morgan fingerprint density at radius 2 is 0.657 bits per heavy atom. The standard InChI is InChI=1S/C33H66N2/c1-4-7-10-13-15-17-18-19-20-22-24-27-30-35-32-31-34(33(35)28-25-12-9-6-3)29-26-23-21-16-14-11-8-5-2/h31-33H,4-30H2,1-3H3. The van der Waals surface area contributed by atoms with E-state index < -0.39 is 0 Å². The van der Waals surface area contributed by atoms with Gasteiger partial charge in [-0.15, -0.1) is 0 Å². The van der Waals surface area contributed by atoms with Gasteiger partial charge in [0, 0.05) is 25.5 Å². The molecule has 0 aromatic rings. The zero-order valence-electron chi connectivity index (χ0n) is 24.7. The molecule has 0 N–H and O–H groups in total. The Labute approximate surface area is 222 Å². The molecule has 35 heavy (non-hydrogen) atoms. The molecule has 1 aliphatic heterocycles. The highest BCUT2D eigenvalue weighted by atomic mass is 15.4. The van der Waals surface area contributed by atoms with E-state index >= 15 is 0 Å². The normalized spacial score (nSPS) is 15.6. The van der Waals surface area contributed by atoms with Crippen LogP contribution in [0.25, 0.3) is 0 Å². The molecule has 0 fully saturated rings. The molecule has 0 aromatic heterocycles. The molecule has 0 saturated carbocycles. The van der Waals surface area contributed by atoms with Crippen molar-refractivity contribution in [2.45, 2.75) is 187 Å². The number of rotatable bonds is 27. The fraction of sp³-hybridized carbons (Fsp3) is 0.939. The second-order valence-electron chi connectivity index (χ2n) is 11.5. The Kier molecular flexibility index (Phi) is 23.1. The molecule has 0 saturated heterocycles. The van der Waals surface area contributed by atoms with Crippen molar-refractivity contribution >= 4 is 0 Å². The first-order chi connectivity index (χ1) is 17.3. The molecule has 1 heterocycles. The Balaban J connectivity index is 2.15. The number of unbranched alkanes of at least 4 members (excludes halogenated alkanes) is 21. The highest BCUT2D eigenvalue weighted by molar-refractivity contribution is 4.97. The maximum Gasteiger partial charge on any atom is 0.101 e. The van der Waals surface area contributed by atoms with Crippen LogP contribution in [0.4, 0.5) is 0 Å². The first-order valence-electron chi connectivity index (χ1n) is 16.5. The minimum atomic E-state index is 0.643. The molecule has 1 aliphatic rings. The van der Waals surface area contributed by atoms with Crippen LogP contribution >= 0.6 is 0 Å². The quantitative estimate of drug-likeness (QED) is 0.106. The van der Waals surface area contributed by atoms with E-state index in [1.807, 2.05) is 0 Å². The molecule has 0 aromatic carbocycles. The molecular weight excluding hydrogens is 424 g/mol. The van der Waals surface area contributed by atoms with Crippen molar-refractivity contribution in [1.29, 1.82) is 0 Å². The summed E-state index contributed by atoms with van der Waals surface area (Å²) in [4.78, 5) is 5.37. The minimum Gasteiger partial charge on any atom is -0.356 e. The molecule has 208 valence electrons. The van der Waals surface area contributed by atoms with Gasteiger partial charge >= 0.3 is 0 Å². The number of nitrogens with zero attached hydrogens (tertiary/aromatic N) is 2. The van der Waals surface area contributed by atoms with E-state index in [2.05, 4.69) is 43.0 Å². The van der Waals surface area contributed by atoms with Gasteiger partial charge in [0.25, 0.3) is 0 Å². The maximum atomic E-state index is 2.69. The zero-order chi connectivity index (χ0) is 25.2. The Hall–Kier alpha value is -0.660. The van der Waals surface area contributed by atoms with Gasteiger partial charge in [-0.2, -0.15) is 0 Å². The summed E-state index contributed by atoms with van der Waals surface area (Å²) in [5, 5.41) is 0. The molecule has 0 bridgehead atoms. The fourth-order valence-electron chi connectivity index (χ4n) is 5.66. The molecule has 0 radical (unpaired) electrons. The van der Waals surface area contributed by atoms with Crippen molar-refractivity contribution in [3.63, 3.8) is 0 Å². The van der Waals surface area contributed by atoms with Crippen molar-refractivity contribution < 1.29 is 0 Å². The van der Waals surface area contributed by atoms with Gasteiger partial charge in [-0.25, -0.2) is 0 Å². The minimum absolute atomic E-state index is 0.643. The van der Waals surface area contributed by atoms with Crippen LogP contribution in [0.2, 0.25) is 0 Å². The van der Waals surface area contributed by atoms with Crippen molar-refractivity contribution in [2.75, 3.05) is 13.1 Å². The van der Waals surface area contributed by atoms with E-state index in [-0.39, 0.29) is 0 Å². The van der Waals surface area contributed by atoms with Crippen LogP contribution in [0, 0.1) is 0 Å². The van der Waals surface area contributed by atoms with Crippen molar-refractivity contribution in [3.8, 4) is 0 Å². The highest BCUT2D eigenvalue weighted by Crippen LogP contribution is 2.23. The second-order valence-corrected chi connectivity index (χ2v) is 11.5. The average molecular weight is 491 g/mol. The Morgan fingerprint density at radius 3 is 1.00 bits per heavy atom. The van der Waals surface area contributed by atoms with E-state index in [1.165, 1.54) is 174 Å². The van der Waals surface area contributed by atoms with E-state index in [0.717, 1.165) is 0 Å². The van der Waals surface area contributed by atoms with Gasteiger partial charge in [-0.3, -0.25) is 0 Å². The van der Waals surface area contributed by atoms with E-state index in [9.17, 15) is 0 Å². The predicted molar refractivity (Wildman–Crippen MR) is 159 cm³/mol. The summed E-state index contributed by atoms with van der Waals surface area (Å²) in [5.41, 5.74) is 0. The summed E-state index contributed by atoms with van der Waals surface area (Å²) in [6, 6.07) is 0. The molecule has 1 unspecified atom stereocenters. The monoisotopic (exact) mass is 491 g/mol. The summed E-state index contributed by atoms with van der Waals surface area (Å²) in [7, 11) is 0. The third-order valence-electron chi connectivity index (χ3n) is 8.07. The van der Waals surface area contributed by atoms with E-state index in [4.69, 9.17) is 0 Å². The summed E-state index contributed by atoms with van der Waals surface area (Å²) in [6.45, 7) is 9.47. The van der Waals surface area contributed by atoms with Gasteiger partial charge in [0.1, 0.15) is 6.17 Å². The topological polar surface area (TPSA) is 6.48 Å². The van der Waals surface area contributed by atoms with E-state index in [0.29, 0.717) is 6.17 Å². The largest absolute Gasteiger partial charge is 0.356 e. The molecule has 1 rings (SSSR count). The van der Waals surface area contributed by atoms with E-state index in [1.54, 1.807) is 0 Å². The third-order valence-corrected chi connectivity index (χ3v) is 8.07. The number of hydrogen-bond donors (Lipinski definition) is 0. The maximum absolute atomic E-state index is 2.69. The molecule has 2 heteroatoms. The Bertz CT molecular complexity index is 446.